The van der Waals surface area contributed by atoms with Crippen LogP contribution in [-0.2, 0) is 6.54 Å². The summed E-state index contributed by atoms with van der Waals surface area (Å²) in [6, 6.07) is 24.3. The van der Waals surface area contributed by atoms with E-state index in [0.717, 1.165) is 49.8 Å². The van der Waals surface area contributed by atoms with E-state index in [1.165, 1.54) is 11.1 Å². The molecule has 1 aliphatic heterocycles. The minimum Gasteiger partial charge on any atom is -0.495 e. The molecule has 1 fully saturated rings. The highest BCUT2D eigenvalue weighted by molar-refractivity contribution is 6.32. The maximum Gasteiger partial charge on any atom is 0.182 e. The van der Waals surface area contributed by atoms with Crippen molar-refractivity contribution in [1.29, 1.82) is 0 Å². The second-order valence-electron chi connectivity index (χ2n) is 8.12. The average molecular weight is 458 g/mol. The van der Waals surface area contributed by atoms with Gasteiger partial charge in [-0.15, -0.1) is 0 Å². The first kappa shape index (κ1) is 22.9. The molecule has 3 aromatic rings. The summed E-state index contributed by atoms with van der Waals surface area (Å²) in [6.07, 6.45) is 0. The van der Waals surface area contributed by atoms with Crippen LogP contribution in [0, 0.1) is 18.8 Å². The summed E-state index contributed by atoms with van der Waals surface area (Å²) in [5.74, 6) is 7.96. The maximum absolute atomic E-state index is 6.33. The highest BCUT2D eigenvalue weighted by atomic mass is 35.5. The fourth-order valence-corrected chi connectivity index (χ4v) is 4.00. The van der Waals surface area contributed by atoms with Gasteiger partial charge in [0.1, 0.15) is 5.75 Å². The Morgan fingerprint density at radius 1 is 0.970 bits per heavy atom. The van der Waals surface area contributed by atoms with Gasteiger partial charge in [0.2, 0.25) is 0 Å². The van der Waals surface area contributed by atoms with E-state index in [2.05, 4.69) is 52.8 Å². The van der Waals surface area contributed by atoms with Crippen LogP contribution in [0.2, 0.25) is 5.02 Å². The van der Waals surface area contributed by atoms with E-state index in [4.69, 9.17) is 21.3 Å². The number of aliphatic imine (C=N–C) groups is 1. The van der Waals surface area contributed by atoms with Crippen LogP contribution in [0.4, 0.5) is 5.69 Å². The fraction of sp³-hybridized carbons (Fsp3) is 0.250. The minimum atomic E-state index is 0.539. The van der Waals surface area contributed by atoms with E-state index in [-0.39, 0.29) is 0 Å². The molecular formula is C28H28ClN3O. The topological polar surface area (TPSA) is 28.1 Å². The number of halogens is 1. The quantitative estimate of drug-likeness (QED) is 0.292. The average Bonchev–Trinajstić information content (AvgIpc) is 2.84. The molecule has 1 aliphatic rings. The van der Waals surface area contributed by atoms with Crippen LogP contribution in [0.15, 0.2) is 77.8 Å². The van der Waals surface area contributed by atoms with Crippen molar-refractivity contribution in [3.8, 4) is 17.6 Å². The normalized spacial score (nSPS) is 14.5. The number of aryl methyl sites for hydroxylation is 1. The maximum atomic E-state index is 6.33. The van der Waals surface area contributed by atoms with Gasteiger partial charge < -0.3 is 9.64 Å². The molecule has 3 aromatic carbocycles. The first-order valence-electron chi connectivity index (χ1n) is 11.1. The zero-order valence-electron chi connectivity index (χ0n) is 19.1. The molecule has 4 rings (SSSR count). The van der Waals surface area contributed by atoms with E-state index in [9.17, 15) is 0 Å². The monoisotopic (exact) mass is 457 g/mol. The van der Waals surface area contributed by atoms with E-state index < -0.39 is 0 Å². The third kappa shape index (κ3) is 6.38. The molecule has 0 N–H and O–H groups in total. The lowest BCUT2D eigenvalue weighted by atomic mass is 10.1. The van der Waals surface area contributed by atoms with Crippen LogP contribution in [0.25, 0.3) is 0 Å². The Hall–Kier alpha value is -3.26. The first-order chi connectivity index (χ1) is 16.1. The molecule has 0 aliphatic carbocycles. The molecule has 0 bridgehead atoms. The Morgan fingerprint density at radius 3 is 2.36 bits per heavy atom. The summed E-state index contributed by atoms with van der Waals surface area (Å²) < 4.78 is 5.27. The van der Waals surface area contributed by atoms with Crippen molar-refractivity contribution < 1.29 is 4.74 Å². The number of amidine groups is 1. The molecule has 1 heterocycles. The predicted octanol–water partition coefficient (Wildman–Crippen LogP) is 5.56. The van der Waals surface area contributed by atoms with Crippen molar-refractivity contribution in [3.63, 3.8) is 0 Å². The molecule has 0 spiro atoms. The van der Waals surface area contributed by atoms with Crippen LogP contribution in [0.1, 0.15) is 16.7 Å². The van der Waals surface area contributed by atoms with E-state index in [0.29, 0.717) is 10.8 Å². The molecule has 168 valence electrons. The third-order valence-electron chi connectivity index (χ3n) is 5.66. The van der Waals surface area contributed by atoms with Gasteiger partial charge in [0.25, 0.3) is 0 Å². The van der Waals surface area contributed by atoms with Gasteiger partial charge in [-0.2, -0.15) is 0 Å². The molecule has 0 unspecified atom stereocenters. The molecule has 0 aromatic heterocycles. The Kier molecular flexibility index (Phi) is 7.67. The van der Waals surface area contributed by atoms with Crippen molar-refractivity contribution in [1.82, 2.24) is 9.80 Å². The lowest BCUT2D eigenvalue weighted by molar-refractivity contribution is 0.176. The summed E-state index contributed by atoms with van der Waals surface area (Å²) in [5.41, 5.74) is 4.37. The summed E-state index contributed by atoms with van der Waals surface area (Å²) in [6.45, 7) is 6.75. The van der Waals surface area contributed by atoms with Gasteiger partial charge in [-0.25, -0.2) is 4.99 Å². The highest BCUT2D eigenvalue weighted by Crippen LogP contribution is 2.29. The fourth-order valence-electron chi connectivity index (χ4n) is 3.74. The van der Waals surface area contributed by atoms with Gasteiger partial charge in [0.15, 0.2) is 5.84 Å². The minimum absolute atomic E-state index is 0.539. The number of methoxy groups -OCH3 is 1. The first-order valence-corrected chi connectivity index (χ1v) is 11.5. The summed E-state index contributed by atoms with van der Waals surface area (Å²) >= 11 is 6.33. The van der Waals surface area contributed by atoms with Crippen LogP contribution in [0.5, 0.6) is 5.75 Å². The lowest BCUT2D eigenvalue weighted by Gasteiger charge is -2.35. The van der Waals surface area contributed by atoms with Crippen molar-refractivity contribution in [3.05, 3.63) is 94.5 Å². The standard InChI is InChI=1S/C28H28ClN3O/c1-22-8-10-24(11-9-22)21-31-16-18-32(19-17-31)28(15-12-23-6-4-3-5-7-23)30-25-13-14-27(33-2)26(29)20-25/h3-11,13-14,20H,16-19,21H2,1-2H3/b30-28-. The number of piperazine rings is 1. The number of ether oxygens (including phenoxy) is 1. The largest absolute Gasteiger partial charge is 0.495 e. The zero-order valence-corrected chi connectivity index (χ0v) is 19.8. The lowest BCUT2D eigenvalue weighted by Crippen LogP contribution is -2.48. The SMILES string of the molecule is COc1ccc(/N=C(/C#Cc2ccccc2)N2CCN(Cc3ccc(C)cc3)CC2)cc1Cl. The number of hydrogen-bond acceptors (Lipinski definition) is 3. The van der Waals surface area contributed by atoms with Crippen LogP contribution in [-0.4, -0.2) is 48.9 Å². The predicted molar refractivity (Wildman–Crippen MR) is 136 cm³/mol. The second kappa shape index (κ2) is 11.0. The van der Waals surface area contributed by atoms with Gasteiger partial charge in [0, 0.05) is 38.3 Å². The van der Waals surface area contributed by atoms with Gasteiger partial charge in [-0.3, -0.25) is 4.90 Å². The van der Waals surface area contributed by atoms with Gasteiger partial charge >= 0.3 is 0 Å². The van der Waals surface area contributed by atoms with E-state index in [1.807, 2.05) is 48.5 Å². The molecule has 0 atom stereocenters. The molecule has 4 nitrogen and oxygen atoms in total. The van der Waals surface area contributed by atoms with Crippen molar-refractivity contribution >= 4 is 23.1 Å². The highest BCUT2D eigenvalue weighted by Gasteiger charge is 2.19. The number of hydrogen-bond donors (Lipinski definition) is 0. The molecule has 5 heteroatoms. The van der Waals surface area contributed by atoms with Gasteiger partial charge in [-0.1, -0.05) is 65.5 Å². The third-order valence-corrected chi connectivity index (χ3v) is 5.96. The molecule has 0 amide bonds. The zero-order chi connectivity index (χ0) is 23.0. The Labute approximate surface area is 201 Å². The molecule has 1 saturated heterocycles. The molecule has 33 heavy (non-hydrogen) atoms. The summed E-state index contributed by atoms with van der Waals surface area (Å²) in [7, 11) is 1.61. The summed E-state index contributed by atoms with van der Waals surface area (Å²) in [4.78, 5) is 9.61. The smallest absolute Gasteiger partial charge is 0.182 e. The Morgan fingerprint density at radius 2 is 1.70 bits per heavy atom. The number of nitrogens with zero attached hydrogens (tertiary/aromatic N) is 3. The molecule has 0 radical (unpaired) electrons. The second-order valence-corrected chi connectivity index (χ2v) is 8.53. The number of benzene rings is 3. The Balaban J connectivity index is 1.52. The Bertz CT molecular complexity index is 1160. The molecule has 0 saturated carbocycles. The number of rotatable bonds is 4. The van der Waals surface area contributed by atoms with Crippen molar-refractivity contribution in [2.45, 2.75) is 13.5 Å². The summed E-state index contributed by atoms with van der Waals surface area (Å²) in [5, 5.41) is 0.539. The van der Waals surface area contributed by atoms with Gasteiger partial charge in [-0.05, 0) is 48.7 Å². The van der Waals surface area contributed by atoms with Crippen LogP contribution >= 0.6 is 11.6 Å². The van der Waals surface area contributed by atoms with Crippen molar-refractivity contribution in [2.24, 2.45) is 4.99 Å². The van der Waals surface area contributed by atoms with Gasteiger partial charge in [0.05, 0.1) is 17.8 Å². The van der Waals surface area contributed by atoms with Crippen LogP contribution in [0.3, 0.4) is 0 Å². The van der Waals surface area contributed by atoms with Crippen LogP contribution < -0.4 is 4.74 Å². The van der Waals surface area contributed by atoms with Crippen molar-refractivity contribution in [2.75, 3.05) is 33.3 Å². The molecular weight excluding hydrogens is 430 g/mol. The van der Waals surface area contributed by atoms with E-state index in [1.54, 1.807) is 7.11 Å². The van der Waals surface area contributed by atoms with E-state index >= 15 is 0 Å².